The molecule has 5 heteroatoms. The number of hydrogen-bond donors (Lipinski definition) is 2. The van der Waals surface area contributed by atoms with Crippen LogP contribution in [-0.2, 0) is 0 Å². The van der Waals surface area contributed by atoms with Gasteiger partial charge in [-0.15, -0.1) is 0 Å². The first-order valence-electron chi connectivity index (χ1n) is 3.54. The van der Waals surface area contributed by atoms with E-state index in [1.54, 1.807) is 12.3 Å². The van der Waals surface area contributed by atoms with Crippen LogP contribution in [0.15, 0.2) is 18.3 Å². The van der Waals surface area contributed by atoms with E-state index >= 15 is 0 Å². The van der Waals surface area contributed by atoms with Gasteiger partial charge in [0.1, 0.15) is 0 Å². The molecule has 13 heavy (non-hydrogen) atoms. The normalized spacial score (nSPS) is 10.5. The Labute approximate surface area is 78.1 Å². The van der Waals surface area contributed by atoms with Gasteiger partial charge in [-0.3, -0.25) is 5.10 Å². The lowest BCUT2D eigenvalue weighted by molar-refractivity contribution is 0.0697. The van der Waals surface area contributed by atoms with Crippen molar-refractivity contribution >= 4 is 28.5 Å². The summed E-state index contributed by atoms with van der Waals surface area (Å²) in [5.74, 6) is -1.04. The number of aromatic carboxylic acids is 1. The van der Waals surface area contributed by atoms with Gasteiger partial charge in [0.15, 0.2) is 0 Å². The highest BCUT2D eigenvalue weighted by atomic mass is 35.5. The predicted octanol–water partition coefficient (Wildman–Crippen LogP) is 1.91. The van der Waals surface area contributed by atoms with E-state index in [-0.39, 0.29) is 10.6 Å². The number of halogens is 1. The van der Waals surface area contributed by atoms with E-state index in [0.717, 1.165) is 5.39 Å². The van der Waals surface area contributed by atoms with Crippen molar-refractivity contribution in [2.45, 2.75) is 0 Å². The Morgan fingerprint density at radius 1 is 1.54 bits per heavy atom. The van der Waals surface area contributed by atoms with Gasteiger partial charge in [-0.2, -0.15) is 5.10 Å². The number of rotatable bonds is 1. The Hall–Kier alpha value is -1.55. The summed E-state index contributed by atoms with van der Waals surface area (Å²) in [6.07, 6.45) is 1.59. The molecule has 0 atom stereocenters. The Bertz CT molecular complexity index is 478. The summed E-state index contributed by atoms with van der Waals surface area (Å²) in [6, 6.07) is 3.04. The highest BCUT2D eigenvalue weighted by molar-refractivity contribution is 6.34. The molecule has 0 aliphatic rings. The fraction of sp³-hybridized carbons (Fsp3) is 0. The fourth-order valence-corrected chi connectivity index (χ4v) is 1.38. The minimum absolute atomic E-state index is 0.0819. The monoisotopic (exact) mass is 196 g/mol. The maximum Gasteiger partial charge on any atom is 0.337 e. The van der Waals surface area contributed by atoms with Crippen molar-refractivity contribution in [1.82, 2.24) is 10.2 Å². The summed E-state index contributed by atoms with van der Waals surface area (Å²) < 4.78 is 0. The van der Waals surface area contributed by atoms with Crippen molar-refractivity contribution < 1.29 is 9.90 Å². The molecule has 0 bridgehead atoms. The average Bonchev–Trinajstić information content (AvgIpc) is 2.48. The molecule has 0 unspecified atom stereocenters. The van der Waals surface area contributed by atoms with Gasteiger partial charge in [0.2, 0.25) is 0 Å². The molecule has 0 radical (unpaired) electrons. The standard InChI is InChI=1S/C8H5ClN2O2/c9-6-1-4-3-10-11-7(4)2-5(6)8(12)13/h1-3H,(H,10,11)(H,12,13). The SMILES string of the molecule is O=C(O)c1cc2[nH]ncc2cc1Cl. The lowest BCUT2D eigenvalue weighted by Gasteiger charge is -1.97. The smallest absolute Gasteiger partial charge is 0.337 e. The highest BCUT2D eigenvalue weighted by Crippen LogP contribution is 2.22. The van der Waals surface area contributed by atoms with Gasteiger partial charge in [0.05, 0.1) is 22.3 Å². The van der Waals surface area contributed by atoms with Crippen LogP contribution < -0.4 is 0 Å². The predicted molar refractivity (Wildman–Crippen MR) is 48.1 cm³/mol. The average molecular weight is 197 g/mol. The van der Waals surface area contributed by atoms with Gasteiger partial charge in [-0.25, -0.2) is 4.79 Å². The van der Waals surface area contributed by atoms with Gasteiger partial charge in [0, 0.05) is 5.39 Å². The van der Waals surface area contributed by atoms with E-state index < -0.39 is 5.97 Å². The van der Waals surface area contributed by atoms with Crippen LogP contribution in [0.5, 0.6) is 0 Å². The summed E-state index contributed by atoms with van der Waals surface area (Å²) in [5.41, 5.74) is 0.750. The molecule has 0 spiro atoms. The first-order chi connectivity index (χ1) is 6.18. The van der Waals surface area contributed by atoms with Crippen LogP contribution >= 0.6 is 11.6 Å². The van der Waals surface area contributed by atoms with Gasteiger partial charge in [0.25, 0.3) is 0 Å². The molecule has 1 aromatic carbocycles. The minimum atomic E-state index is -1.04. The number of aromatic nitrogens is 2. The van der Waals surface area contributed by atoms with Crippen molar-refractivity contribution in [3.8, 4) is 0 Å². The Morgan fingerprint density at radius 3 is 3.00 bits per heavy atom. The molecule has 0 aliphatic carbocycles. The molecule has 0 saturated carbocycles. The zero-order chi connectivity index (χ0) is 9.42. The van der Waals surface area contributed by atoms with Crippen LogP contribution in [0, 0.1) is 0 Å². The van der Waals surface area contributed by atoms with E-state index in [1.807, 2.05) is 0 Å². The second-order valence-electron chi connectivity index (χ2n) is 2.59. The highest BCUT2D eigenvalue weighted by Gasteiger charge is 2.10. The largest absolute Gasteiger partial charge is 0.478 e. The van der Waals surface area contributed by atoms with Crippen molar-refractivity contribution in [1.29, 1.82) is 0 Å². The van der Waals surface area contributed by atoms with E-state index in [4.69, 9.17) is 16.7 Å². The van der Waals surface area contributed by atoms with Gasteiger partial charge >= 0.3 is 5.97 Å². The number of hydrogen-bond acceptors (Lipinski definition) is 2. The Morgan fingerprint density at radius 2 is 2.31 bits per heavy atom. The maximum atomic E-state index is 10.7. The quantitative estimate of drug-likeness (QED) is 0.732. The molecule has 4 nitrogen and oxygen atoms in total. The van der Waals surface area contributed by atoms with Gasteiger partial charge in [-0.05, 0) is 12.1 Å². The number of nitrogens with one attached hydrogen (secondary N) is 1. The van der Waals surface area contributed by atoms with E-state index in [2.05, 4.69) is 10.2 Å². The van der Waals surface area contributed by atoms with Crippen LogP contribution in [0.2, 0.25) is 5.02 Å². The Kier molecular flexibility index (Phi) is 1.70. The minimum Gasteiger partial charge on any atom is -0.478 e. The van der Waals surface area contributed by atoms with Gasteiger partial charge < -0.3 is 5.11 Å². The van der Waals surface area contributed by atoms with Crippen molar-refractivity contribution in [3.63, 3.8) is 0 Å². The number of carboxylic acids is 1. The third kappa shape index (κ3) is 1.25. The van der Waals surface area contributed by atoms with E-state index in [9.17, 15) is 4.79 Å². The lowest BCUT2D eigenvalue weighted by atomic mass is 10.2. The molecule has 2 N–H and O–H groups in total. The van der Waals surface area contributed by atoms with E-state index in [0.29, 0.717) is 5.52 Å². The summed E-state index contributed by atoms with van der Waals surface area (Å²) in [4.78, 5) is 10.7. The molecule has 0 saturated heterocycles. The molecule has 0 fully saturated rings. The Balaban J connectivity index is 2.76. The van der Waals surface area contributed by atoms with Gasteiger partial charge in [-0.1, -0.05) is 11.6 Å². The number of carbonyl (C=O) groups is 1. The maximum absolute atomic E-state index is 10.7. The van der Waals surface area contributed by atoms with Crippen molar-refractivity contribution in [2.75, 3.05) is 0 Å². The molecule has 0 aliphatic heterocycles. The fourth-order valence-electron chi connectivity index (χ4n) is 1.13. The zero-order valence-corrected chi connectivity index (χ0v) is 7.17. The molecular weight excluding hydrogens is 192 g/mol. The van der Waals surface area contributed by atoms with Crippen molar-refractivity contribution in [3.05, 3.63) is 28.9 Å². The summed E-state index contributed by atoms with van der Waals surface area (Å²) >= 11 is 5.73. The third-order valence-electron chi connectivity index (χ3n) is 1.76. The molecule has 66 valence electrons. The van der Waals surface area contributed by atoms with E-state index in [1.165, 1.54) is 6.07 Å². The summed E-state index contributed by atoms with van der Waals surface area (Å²) in [5, 5.41) is 16.2. The third-order valence-corrected chi connectivity index (χ3v) is 2.07. The molecule has 0 amide bonds. The molecule has 1 heterocycles. The first-order valence-corrected chi connectivity index (χ1v) is 3.92. The topological polar surface area (TPSA) is 66.0 Å². The van der Waals surface area contributed by atoms with Crippen LogP contribution in [0.4, 0.5) is 0 Å². The first kappa shape index (κ1) is 8.07. The zero-order valence-electron chi connectivity index (χ0n) is 6.41. The molecular formula is C8H5ClN2O2. The number of H-pyrrole nitrogens is 1. The van der Waals surface area contributed by atoms with Crippen LogP contribution in [0.25, 0.3) is 10.9 Å². The lowest BCUT2D eigenvalue weighted by Crippen LogP contribution is -1.96. The van der Waals surface area contributed by atoms with Crippen molar-refractivity contribution in [2.24, 2.45) is 0 Å². The molecule has 2 rings (SSSR count). The summed E-state index contributed by atoms with van der Waals surface area (Å²) in [6.45, 7) is 0. The summed E-state index contributed by atoms with van der Waals surface area (Å²) in [7, 11) is 0. The number of carboxylic acid groups (broad SMARTS) is 1. The number of fused-ring (bicyclic) bond motifs is 1. The number of aromatic amines is 1. The second-order valence-corrected chi connectivity index (χ2v) is 3.00. The van der Waals surface area contributed by atoms with Crippen LogP contribution in [0.1, 0.15) is 10.4 Å². The molecule has 2 aromatic rings. The number of nitrogens with zero attached hydrogens (tertiary/aromatic N) is 1. The number of benzene rings is 1. The molecule has 1 aromatic heterocycles. The van der Waals surface area contributed by atoms with Crippen LogP contribution in [-0.4, -0.2) is 21.3 Å². The second kappa shape index (κ2) is 2.74. The van der Waals surface area contributed by atoms with Crippen LogP contribution in [0.3, 0.4) is 0 Å².